The second-order valence-electron chi connectivity index (χ2n) is 10.1. The molecule has 2 aromatic heterocycles. The van der Waals surface area contributed by atoms with Crippen molar-refractivity contribution in [1.82, 2.24) is 9.13 Å². The first kappa shape index (κ1) is 22.4. The normalized spacial score (nSPS) is 11.5. The maximum Gasteiger partial charge on any atom is 0.0991 e. The van der Waals surface area contributed by atoms with Gasteiger partial charge in [-0.25, -0.2) is 0 Å². The first-order valence-electron chi connectivity index (χ1n) is 13.4. The first-order valence-corrected chi connectivity index (χ1v) is 13.4. The van der Waals surface area contributed by atoms with Crippen LogP contribution in [-0.4, -0.2) is 9.13 Å². The highest BCUT2D eigenvalue weighted by atomic mass is 15.0. The molecule has 186 valence electrons. The summed E-state index contributed by atoms with van der Waals surface area (Å²) in [5.74, 6) is 0. The Balaban J connectivity index is 1.41. The molecule has 0 N–H and O–H groups in total. The SMILES string of the molecule is N#Cc1ccc(-c2ccccc2-n2c3ccccc3c3cc(-n4c5ccccc5c5ccccc54)ccc32)cc1. The second kappa shape index (κ2) is 8.73. The van der Waals surface area contributed by atoms with E-state index in [0.29, 0.717) is 5.56 Å². The molecule has 3 nitrogen and oxygen atoms in total. The Morgan fingerprint density at radius 3 is 1.62 bits per heavy atom. The van der Waals surface area contributed by atoms with Crippen LogP contribution in [-0.2, 0) is 0 Å². The molecule has 0 spiro atoms. The molecule has 0 aliphatic heterocycles. The van der Waals surface area contributed by atoms with Gasteiger partial charge in [-0.05, 0) is 60.2 Å². The number of fused-ring (bicyclic) bond motifs is 6. The van der Waals surface area contributed by atoms with Gasteiger partial charge in [-0.3, -0.25) is 0 Å². The summed E-state index contributed by atoms with van der Waals surface area (Å²) in [4.78, 5) is 0. The minimum absolute atomic E-state index is 0.663. The van der Waals surface area contributed by atoms with Gasteiger partial charge in [0.25, 0.3) is 0 Å². The van der Waals surface area contributed by atoms with E-state index in [9.17, 15) is 5.26 Å². The fourth-order valence-electron chi connectivity index (χ4n) is 6.20. The highest BCUT2D eigenvalue weighted by Gasteiger charge is 2.17. The van der Waals surface area contributed by atoms with Crippen molar-refractivity contribution in [3.8, 4) is 28.6 Å². The summed E-state index contributed by atoms with van der Waals surface area (Å²) in [5.41, 5.74) is 9.87. The number of nitriles is 1. The van der Waals surface area contributed by atoms with Crippen LogP contribution in [0.3, 0.4) is 0 Å². The summed E-state index contributed by atoms with van der Waals surface area (Å²) in [6.07, 6.45) is 0. The van der Waals surface area contributed by atoms with E-state index in [-0.39, 0.29) is 0 Å². The van der Waals surface area contributed by atoms with Crippen LogP contribution in [0.1, 0.15) is 5.56 Å². The lowest BCUT2D eigenvalue weighted by molar-refractivity contribution is 1.17. The number of benzene rings is 6. The average Bonchev–Trinajstić information content (AvgIpc) is 3.54. The van der Waals surface area contributed by atoms with E-state index in [1.165, 1.54) is 32.6 Å². The van der Waals surface area contributed by atoms with Crippen molar-refractivity contribution in [3.63, 3.8) is 0 Å². The Kier molecular flexibility index (Phi) is 4.89. The molecule has 0 aliphatic rings. The summed E-state index contributed by atoms with van der Waals surface area (Å²) in [7, 11) is 0. The molecular formula is C37H23N3. The lowest BCUT2D eigenvalue weighted by Crippen LogP contribution is -1.98. The zero-order chi connectivity index (χ0) is 26.6. The molecule has 0 amide bonds. The third-order valence-corrected chi connectivity index (χ3v) is 7.96. The Bertz CT molecular complexity index is 2220. The molecular weight excluding hydrogens is 486 g/mol. The first-order chi connectivity index (χ1) is 19.8. The zero-order valence-electron chi connectivity index (χ0n) is 21.6. The monoisotopic (exact) mass is 509 g/mol. The minimum atomic E-state index is 0.663. The summed E-state index contributed by atoms with van der Waals surface area (Å²) >= 11 is 0. The Morgan fingerprint density at radius 1 is 0.450 bits per heavy atom. The van der Waals surface area contributed by atoms with Crippen molar-refractivity contribution < 1.29 is 0 Å². The summed E-state index contributed by atoms with van der Waals surface area (Å²) in [6.45, 7) is 0. The topological polar surface area (TPSA) is 33.6 Å². The Labute approximate surface area is 231 Å². The maximum atomic E-state index is 9.29. The molecule has 0 saturated heterocycles. The van der Waals surface area contributed by atoms with Crippen molar-refractivity contribution in [3.05, 3.63) is 145 Å². The van der Waals surface area contributed by atoms with E-state index in [1.807, 2.05) is 24.3 Å². The molecule has 3 heteroatoms. The van der Waals surface area contributed by atoms with Gasteiger partial charge < -0.3 is 9.13 Å². The maximum absolute atomic E-state index is 9.29. The van der Waals surface area contributed by atoms with Gasteiger partial charge in [0.15, 0.2) is 0 Å². The predicted octanol–water partition coefficient (Wildman–Crippen LogP) is 9.42. The van der Waals surface area contributed by atoms with E-state index in [1.54, 1.807) is 0 Å². The highest BCUT2D eigenvalue weighted by Crippen LogP contribution is 2.38. The van der Waals surface area contributed by atoms with Crippen LogP contribution in [0.25, 0.3) is 66.1 Å². The smallest absolute Gasteiger partial charge is 0.0991 e. The van der Waals surface area contributed by atoms with Crippen LogP contribution >= 0.6 is 0 Å². The summed E-state index contributed by atoms with van der Waals surface area (Å²) in [6, 6.07) is 51.3. The zero-order valence-corrected chi connectivity index (χ0v) is 21.6. The van der Waals surface area contributed by atoms with Crippen LogP contribution in [0.15, 0.2) is 140 Å². The molecule has 0 fully saturated rings. The summed E-state index contributed by atoms with van der Waals surface area (Å²) < 4.78 is 4.74. The summed E-state index contributed by atoms with van der Waals surface area (Å²) in [5, 5.41) is 14.2. The Hall–Kier alpha value is -5.59. The van der Waals surface area contributed by atoms with Crippen LogP contribution in [0.2, 0.25) is 0 Å². The van der Waals surface area contributed by atoms with Crippen molar-refractivity contribution in [2.24, 2.45) is 0 Å². The lowest BCUT2D eigenvalue weighted by atomic mass is 10.0. The van der Waals surface area contributed by atoms with E-state index < -0.39 is 0 Å². The lowest BCUT2D eigenvalue weighted by Gasteiger charge is -2.14. The van der Waals surface area contributed by atoms with Gasteiger partial charge in [0.2, 0.25) is 0 Å². The number of rotatable bonds is 3. The fraction of sp³-hybridized carbons (Fsp3) is 0. The molecule has 0 bridgehead atoms. The van der Waals surface area contributed by atoms with Gasteiger partial charge in [-0.1, -0.05) is 84.9 Å². The highest BCUT2D eigenvalue weighted by molar-refractivity contribution is 6.12. The fourth-order valence-corrected chi connectivity index (χ4v) is 6.20. The van der Waals surface area contributed by atoms with E-state index in [4.69, 9.17) is 0 Å². The molecule has 6 aromatic carbocycles. The largest absolute Gasteiger partial charge is 0.309 e. The number of hydrogen-bond acceptors (Lipinski definition) is 1. The number of hydrogen-bond donors (Lipinski definition) is 0. The molecule has 0 aliphatic carbocycles. The van der Waals surface area contributed by atoms with E-state index >= 15 is 0 Å². The van der Waals surface area contributed by atoms with E-state index in [0.717, 1.165) is 33.5 Å². The number of nitrogens with zero attached hydrogens (tertiary/aromatic N) is 3. The van der Waals surface area contributed by atoms with Crippen LogP contribution in [0.5, 0.6) is 0 Å². The number of para-hydroxylation sites is 4. The average molecular weight is 510 g/mol. The number of aromatic nitrogens is 2. The minimum Gasteiger partial charge on any atom is -0.309 e. The third-order valence-electron chi connectivity index (χ3n) is 7.96. The van der Waals surface area contributed by atoms with Crippen molar-refractivity contribution in [2.75, 3.05) is 0 Å². The van der Waals surface area contributed by atoms with Gasteiger partial charge in [0.05, 0.1) is 39.4 Å². The van der Waals surface area contributed by atoms with Crippen molar-refractivity contribution in [1.29, 1.82) is 5.26 Å². The molecule has 0 unspecified atom stereocenters. The van der Waals surface area contributed by atoms with Crippen molar-refractivity contribution in [2.45, 2.75) is 0 Å². The molecule has 0 saturated carbocycles. The van der Waals surface area contributed by atoms with Gasteiger partial charge in [-0.15, -0.1) is 0 Å². The molecule has 40 heavy (non-hydrogen) atoms. The quantitative estimate of drug-likeness (QED) is 0.233. The molecule has 8 rings (SSSR count). The third kappa shape index (κ3) is 3.24. The molecule has 0 radical (unpaired) electrons. The molecule has 2 heterocycles. The van der Waals surface area contributed by atoms with Crippen molar-refractivity contribution >= 4 is 43.6 Å². The van der Waals surface area contributed by atoms with Gasteiger partial charge in [0, 0.05) is 32.8 Å². The standard InChI is InChI=1S/C37H23N3/c38-24-25-17-19-26(20-18-25)28-9-1-5-13-33(28)40-36-16-8-4-12-31(36)32-23-27(21-22-37(32)40)39-34-14-6-2-10-29(34)30-11-3-7-15-35(30)39/h1-23H. The molecule has 8 aromatic rings. The second-order valence-corrected chi connectivity index (χ2v) is 10.1. The van der Waals surface area contributed by atoms with Crippen LogP contribution < -0.4 is 0 Å². The van der Waals surface area contributed by atoms with Gasteiger partial charge >= 0.3 is 0 Å². The van der Waals surface area contributed by atoms with Gasteiger partial charge in [0.1, 0.15) is 0 Å². The van der Waals surface area contributed by atoms with Crippen LogP contribution in [0.4, 0.5) is 0 Å². The predicted molar refractivity (Wildman–Crippen MR) is 165 cm³/mol. The van der Waals surface area contributed by atoms with E-state index in [2.05, 4.69) is 130 Å². The van der Waals surface area contributed by atoms with Gasteiger partial charge in [-0.2, -0.15) is 5.26 Å². The Morgan fingerprint density at radius 2 is 0.975 bits per heavy atom. The van der Waals surface area contributed by atoms with Crippen LogP contribution in [0, 0.1) is 11.3 Å². The molecule has 0 atom stereocenters.